The first-order valence-corrected chi connectivity index (χ1v) is 6.58. The molecule has 0 bridgehead atoms. The standard InChI is InChI=1S/C15H23NO3/c1-10(2)12-9-13(11(3)8-14(12)19-4)16-15(18)6-5-7-17/h8-10,17H,5-7H2,1-4H3,(H,16,18). The number of aliphatic hydroxyl groups excluding tert-OH is 1. The van der Waals surface area contributed by atoms with E-state index in [1.807, 2.05) is 19.1 Å². The van der Waals surface area contributed by atoms with Crippen molar-refractivity contribution in [3.63, 3.8) is 0 Å². The Kier molecular flexibility index (Phi) is 5.83. The quantitative estimate of drug-likeness (QED) is 0.831. The Bertz CT molecular complexity index is 441. The van der Waals surface area contributed by atoms with Crippen LogP contribution in [0.3, 0.4) is 0 Å². The van der Waals surface area contributed by atoms with Gasteiger partial charge in [0.2, 0.25) is 5.91 Å². The summed E-state index contributed by atoms with van der Waals surface area (Å²) in [6, 6.07) is 3.91. The van der Waals surface area contributed by atoms with Gasteiger partial charge in [-0.1, -0.05) is 13.8 Å². The van der Waals surface area contributed by atoms with Crippen LogP contribution in [0, 0.1) is 6.92 Å². The van der Waals surface area contributed by atoms with E-state index in [-0.39, 0.29) is 12.5 Å². The Labute approximate surface area is 114 Å². The van der Waals surface area contributed by atoms with Crippen LogP contribution < -0.4 is 10.1 Å². The second kappa shape index (κ2) is 7.14. The van der Waals surface area contributed by atoms with Crippen molar-refractivity contribution >= 4 is 11.6 Å². The summed E-state index contributed by atoms with van der Waals surface area (Å²) in [6.45, 7) is 6.15. The maximum Gasteiger partial charge on any atom is 0.224 e. The Balaban J connectivity index is 2.95. The minimum atomic E-state index is -0.0722. The Morgan fingerprint density at radius 3 is 2.63 bits per heavy atom. The van der Waals surface area contributed by atoms with Crippen molar-refractivity contribution < 1.29 is 14.6 Å². The molecule has 4 heteroatoms. The van der Waals surface area contributed by atoms with Crippen molar-refractivity contribution in [3.05, 3.63) is 23.3 Å². The number of rotatable bonds is 6. The molecule has 2 N–H and O–H groups in total. The first-order chi connectivity index (χ1) is 8.99. The van der Waals surface area contributed by atoms with E-state index in [4.69, 9.17) is 9.84 Å². The molecule has 0 saturated heterocycles. The van der Waals surface area contributed by atoms with E-state index in [2.05, 4.69) is 19.2 Å². The lowest BCUT2D eigenvalue weighted by atomic mass is 9.99. The van der Waals surface area contributed by atoms with Gasteiger partial charge in [0.1, 0.15) is 5.75 Å². The largest absolute Gasteiger partial charge is 0.496 e. The summed E-state index contributed by atoms with van der Waals surface area (Å²) >= 11 is 0. The molecule has 19 heavy (non-hydrogen) atoms. The molecule has 1 rings (SSSR count). The van der Waals surface area contributed by atoms with Gasteiger partial charge in [-0.3, -0.25) is 4.79 Å². The molecule has 0 aliphatic rings. The molecule has 0 aliphatic heterocycles. The van der Waals surface area contributed by atoms with Gasteiger partial charge in [-0.15, -0.1) is 0 Å². The number of benzene rings is 1. The highest BCUT2D eigenvalue weighted by Gasteiger charge is 2.12. The summed E-state index contributed by atoms with van der Waals surface area (Å²) in [5.41, 5.74) is 2.86. The number of ether oxygens (including phenoxy) is 1. The third-order valence-corrected chi connectivity index (χ3v) is 3.03. The molecular weight excluding hydrogens is 242 g/mol. The lowest BCUT2D eigenvalue weighted by Crippen LogP contribution is -2.13. The van der Waals surface area contributed by atoms with Gasteiger partial charge in [0.15, 0.2) is 0 Å². The number of hydrogen-bond donors (Lipinski definition) is 2. The molecule has 1 aromatic carbocycles. The van der Waals surface area contributed by atoms with Crippen molar-refractivity contribution in [3.8, 4) is 5.75 Å². The van der Waals surface area contributed by atoms with Gasteiger partial charge in [0, 0.05) is 18.7 Å². The van der Waals surface area contributed by atoms with Crippen molar-refractivity contribution in [1.82, 2.24) is 0 Å². The van der Waals surface area contributed by atoms with Crippen molar-refractivity contribution in [2.75, 3.05) is 19.0 Å². The van der Waals surface area contributed by atoms with E-state index in [0.29, 0.717) is 18.8 Å². The Morgan fingerprint density at radius 1 is 1.42 bits per heavy atom. The lowest BCUT2D eigenvalue weighted by molar-refractivity contribution is -0.116. The SMILES string of the molecule is COc1cc(C)c(NC(=O)CCCO)cc1C(C)C. The second-order valence-electron chi connectivity index (χ2n) is 4.94. The van der Waals surface area contributed by atoms with Crippen LogP contribution in [0.2, 0.25) is 0 Å². The molecule has 0 atom stereocenters. The summed E-state index contributed by atoms with van der Waals surface area (Å²) in [5.74, 6) is 1.10. The van der Waals surface area contributed by atoms with Gasteiger partial charge in [-0.05, 0) is 42.5 Å². The van der Waals surface area contributed by atoms with E-state index < -0.39 is 0 Å². The predicted molar refractivity (Wildman–Crippen MR) is 76.8 cm³/mol. The maximum absolute atomic E-state index is 11.7. The van der Waals surface area contributed by atoms with E-state index in [1.165, 1.54) is 0 Å². The average Bonchev–Trinajstić information content (AvgIpc) is 2.37. The summed E-state index contributed by atoms with van der Waals surface area (Å²) in [7, 11) is 1.65. The Morgan fingerprint density at radius 2 is 2.11 bits per heavy atom. The lowest BCUT2D eigenvalue weighted by Gasteiger charge is -2.16. The molecule has 0 radical (unpaired) electrons. The Hall–Kier alpha value is -1.55. The second-order valence-corrected chi connectivity index (χ2v) is 4.94. The van der Waals surface area contributed by atoms with E-state index in [9.17, 15) is 4.79 Å². The molecule has 0 spiro atoms. The van der Waals surface area contributed by atoms with E-state index in [1.54, 1.807) is 7.11 Å². The predicted octanol–water partition coefficient (Wildman–Crippen LogP) is 2.84. The first-order valence-electron chi connectivity index (χ1n) is 6.58. The van der Waals surface area contributed by atoms with Crippen molar-refractivity contribution in [2.45, 2.75) is 39.5 Å². The van der Waals surface area contributed by atoms with Crippen LogP contribution in [-0.2, 0) is 4.79 Å². The van der Waals surface area contributed by atoms with E-state index in [0.717, 1.165) is 22.6 Å². The highest BCUT2D eigenvalue weighted by molar-refractivity contribution is 5.91. The number of amides is 1. The topological polar surface area (TPSA) is 58.6 Å². The monoisotopic (exact) mass is 265 g/mol. The van der Waals surface area contributed by atoms with Crippen molar-refractivity contribution in [1.29, 1.82) is 0 Å². The summed E-state index contributed by atoms with van der Waals surface area (Å²) < 4.78 is 5.37. The molecule has 0 aliphatic carbocycles. The summed E-state index contributed by atoms with van der Waals surface area (Å²) in [5, 5.41) is 11.6. The number of methoxy groups -OCH3 is 1. The molecule has 0 saturated carbocycles. The van der Waals surface area contributed by atoms with Crippen LogP contribution in [0.5, 0.6) is 5.75 Å². The highest BCUT2D eigenvalue weighted by atomic mass is 16.5. The van der Waals surface area contributed by atoms with Crippen LogP contribution in [0.1, 0.15) is 43.7 Å². The smallest absolute Gasteiger partial charge is 0.224 e. The number of carbonyl (C=O) groups is 1. The van der Waals surface area contributed by atoms with Gasteiger partial charge < -0.3 is 15.2 Å². The molecule has 1 aromatic rings. The molecule has 0 heterocycles. The molecule has 106 valence electrons. The van der Waals surface area contributed by atoms with Crippen LogP contribution in [0.15, 0.2) is 12.1 Å². The number of carbonyl (C=O) groups excluding carboxylic acids is 1. The van der Waals surface area contributed by atoms with Gasteiger partial charge >= 0.3 is 0 Å². The zero-order chi connectivity index (χ0) is 14.4. The summed E-state index contributed by atoms with van der Waals surface area (Å²) in [6.07, 6.45) is 0.817. The van der Waals surface area contributed by atoms with Gasteiger partial charge in [0.25, 0.3) is 0 Å². The summed E-state index contributed by atoms with van der Waals surface area (Å²) in [4.78, 5) is 11.7. The van der Waals surface area contributed by atoms with Crippen molar-refractivity contribution in [2.24, 2.45) is 0 Å². The molecular formula is C15H23NO3. The minimum absolute atomic E-state index is 0.0340. The highest BCUT2D eigenvalue weighted by Crippen LogP contribution is 2.32. The minimum Gasteiger partial charge on any atom is -0.496 e. The van der Waals surface area contributed by atoms with Gasteiger partial charge in [-0.2, -0.15) is 0 Å². The van der Waals surface area contributed by atoms with Crippen LogP contribution >= 0.6 is 0 Å². The molecule has 4 nitrogen and oxygen atoms in total. The molecule has 0 aromatic heterocycles. The molecule has 1 amide bonds. The molecule has 0 fully saturated rings. The number of anilines is 1. The van der Waals surface area contributed by atoms with E-state index >= 15 is 0 Å². The number of hydrogen-bond acceptors (Lipinski definition) is 3. The third-order valence-electron chi connectivity index (χ3n) is 3.03. The number of nitrogens with one attached hydrogen (secondary N) is 1. The van der Waals surface area contributed by atoms with Gasteiger partial charge in [0.05, 0.1) is 7.11 Å². The fourth-order valence-electron chi connectivity index (χ4n) is 1.91. The number of aryl methyl sites for hydroxylation is 1. The van der Waals surface area contributed by atoms with Crippen LogP contribution in [0.4, 0.5) is 5.69 Å². The fourth-order valence-corrected chi connectivity index (χ4v) is 1.91. The van der Waals surface area contributed by atoms with Gasteiger partial charge in [-0.25, -0.2) is 0 Å². The zero-order valence-corrected chi connectivity index (χ0v) is 12.1. The zero-order valence-electron chi connectivity index (χ0n) is 12.1. The first kappa shape index (κ1) is 15.5. The third kappa shape index (κ3) is 4.24. The number of aliphatic hydroxyl groups is 1. The van der Waals surface area contributed by atoms with Crippen LogP contribution in [0.25, 0.3) is 0 Å². The normalized spacial score (nSPS) is 10.6. The average molecular weight is 265 g/mol. The fraction of sp³-hybridized carbons (Fsp3) is 0.533. The maximum atomic E-state index is 11.7. The van der Waals surface area contributed by atoms with Crippen LogP contribution in [-0.4, -0.2) is 24.7 Å². The molecule has 0 unspecified atom stereocenters.